The van der Waals surface area contributed by atoms with Gasteiger partial charge in [-0.15, -0.1) is 0 Å². The number of benzene rings is 2. The summed E-state index contributed by atoms with van der Waals surface area (Å²) < 4.78 is 0. The zero-order chi connectivity index (χ0) is 17.5. The second-order valence-corrected chi connectivity index (χ2v) is 5.61. The van der Waals surface area contributed by atoms with E-state index in [1.54, 1.807) is 12.1 Å². The molecule has 0 heterocycles. The molecule has 6 nitrogen and oxygen atoms in total. The van der Waals surface area contributed by atoms with E-state index in [-0.39, 0.29) is 6.54 Å². The summed E-state index contributed by atoms with van der Waals surface area (Å²) in [6.45, 7) is 0.711. The Bertz CT molecular complexity index is 728. The third-order valence-corrected chi connectivity index (χ3v) is 3.51. The molecule has 0 bridgehead atoms. The van der Waals surface area contributed by atoms with Gasteiger partial charge in [0.25, 0.3) is 0 Å². The molecule has 0 fully saturated rings. The third-order valence-electron chi connectivity index (χ3n) is 3.51. The lowest BCUT2D eigenvalue weighted by Gasteiger charge is -2.14. The molecular weight excluding hydrogens is 304 g/mol. The summed E-state index contributed by atoms with van der Waals surface area (Å²) in [7, 11) is 3.81. The highest BCUT2D eigenvalue weighted by molar-refractivity contribution is 6.39. The van der Waals surface area contributed by atoms with Gasteiger partial charge in [-0.2, -0.15) is 0 Å². The molecule has 126 valence electrons. The van der Waals surface area contributed by atoms with E-state index in [1.807, 2.05) is 55.4 Å². The molecule has 0 unspecified atom stereocenters. The molecule has 0 saturated heterocycles. The summed E-state index contributed by atoms with van der Waals surface area (Å²) in [5.41, 5.74) is 8.97. The van der Waals surface area contributed by atoms with E-state index >= 15 is 0 Å². The quantitative estimate of drug-likeness (QED) is 0.726. The highest BCUT2D eigenvalue weighted by Gasteiger charge is 2.13. The smallest absolute Gasteiger partial charge is 0.313 e. The van der Waals surface area contributed by atoms with E-state index in [1.165, 1.54) is 0 Å². The van der Waals surface area contributed by atoms with E-state index in [4.69, 9.17) is 5.73 Å². The highest BCUT2D eigenvalue weighted by Crippen LogP contribution is 2.17. The molecule has 2 aromatic rings. The van der Waals surface area contributed by atoms with Crippen LogP contribution in [0.3, 0.4) is 0 Å². The molecule has 0 spiro atoms. The minimum Gasteiger partial charge on any atom is -0.378 e. The second kappa shape index (κ2) is 8.12. The maximum absolute atomic E-state index is 12.0. The highest BCUT2D eigenvalue weighted by atomic mass is 16.2. The number of amides is 2. The standard InChI is InChI=1S/C18H22N4O2/c1-22(2)16-8-4-7-15(10-16)21-18(24)17(23)20-12-14-6-3-5-13(9-14)11-19/h3-10H,11-12,19H2,1-2H3,(H,20,23)(H,21,24). The van der Waals surface area contributed by atoms with Gasteiger partial charge in [0, 0.05) is 38.6 Å². The molecule has 24 heavy (non-hydrogen) atoms. The monoisotopic (exact) mass is 326 g/mol. The Labute approximate surface area is 141 Å². The lowest BCUT2D eigenvalue weighted by Crippen LogP contribution is -2.35. The van der Waals surface area contributed by atoms with Gasteiger partial charge in [-0.1, -0.05) is 30.3 Å². The van der Waals surface area contributed by atoms with Crippen molar-refractivity contribution in [3.05, 3.63) is 59.7 Å². The Balaban J connectivity index is 1.92. The van der Waals surface area contributed by atoms with Crippen molar-refractivity contribution in [3.8, 4) is 0 Å². The Morgan fingerprint density at radius 2 is 1.71 bits per heavy atom. The third kappa shape index (κ3) is 4.82. The van der Waals surface area contributed by atoms with Crippen LogP contribution in [0.15, 0.2) is 48.5 Å². The zero-order valence-corrected chi connectivity index (χ0v) is 13.9. The number of rotatable bonds is 5. The van der Waals surface area contributed by atoms with Crippen molar-refractivity contribution in [2.45, 2.75) is 13.1 Å². The SMILES string of the molecule is CN(C)c1cccc(NC(=O)C(=O)NCc2cccc(CN)c2)c1. The van der Waals surface area contributed by atoms with Gasteiger partial charge >= 0.3 is 11.8 Å². The van der Waals surface area contributed by atoms with E-state index < -0.39 is 11.8 Å². The van der Waals surface area contributed by atoms with Crippen LogP contribution in [-0.2, 0) is 22.7 Å². The van der Waals surface area contributed by atoms with Gasteiger partial charge in [-0.3, -0.25) is 9.59 Å². The first-order chi connectivity index (χ1) is 11.5. The van der Waals surface area contributed by atoms with Crippen LogP contribution in [0.1, 0.15) is 11.1 Å². The molecule has 0 radical (unpaired) electrons. The number of nitrogens with one attached hydrogen (secondary N) is 2. The molecule has 0 saturated carbocycles. The molecule has 0 aliphatic heterocycles. The number of hydrogen-bond donors (Lipinski definition) is 3. The van der Waals surface area contributed by atoms with Crippen LogP contribution in [0.5, 0.6) is 0 Å². The van der Waals surface area contributed by atoms with Crippen molar-refractivity contribution in [2.24, 2.45) is 5.73 Å². The summed E-state index contributed by atoms with van der Waals surface area (Å²) in [6.07, 6.45) is 0. The van der Waals surface area contributed by atoms with E-state index in [2.05, 4.69) is 10.6 Å². The van der Waals surface area contributed by atoms with Crippen molar-refractivity contribution in [1.82, 2.24) is 5.32 Å². The topological polar surface area (TPSA) is 87.5 Å². The van der Waals surface area contributed by atoms with Crippen molar-refractivity contribution >= 4 is 23.2 Å². The predicted molar refractivity (Wildman–Crippen MR) is 95.6 cm³/mol. The summed E-state index contributed by atoms with van der Waals surface area (Å²) in [5.74, 6) is -1.37. The molecule has 0 atom stereocenters. The number of nitrogens with two attached hydrogens (primary N) is 1. The average molecular weight is 326 g/mol. The van der Waals surface area contributed by atoms with E-state index in [0.29, 0.717) is 12.2 Å². The Morgan fingerprint density at radius 1 is 1.00 bits per heavy atom. The summed E-state index contributed by atoms with van der Waals surface area (Å²) >= 11 is 0. The Kier molecular flexibility index (Phi) is 5.92. The minimum absolute atomic E-state index is 0.276. The first kappa shape index (κ1) is 17.5. The normalized spacial score (nSPS) is 10.1. The first-order valence-electron chi connectivity index (χ1n) is 7.64. The van der Waals surface area contributed by atoms with Crippen LogP contribution in [0.2, 0.25) is 0 Å². The number of carbonyl (C=O) groups excluding carboxylic acids is 2. The molecular formula is C18H22N4O2. The van der Waals surface area contributed by atoms with Crippen LogP contribution in [0, 0.1) is 0 Å². The molecule has 2 rings (SSSR count). The maximum Gasteiger partial charge on any atom is 0.313 e. The fourth-order valence-electron chi connectivity index (χ4n) is 2.18. The van der Waals surface area contributed by atoms with Gasteiger partial charge in [0.05, 0.1) is 0 Å². The largest absolute Gasteiger partial charge is 0.378 e. The average Bonchev–Trinajstić information content (AvgIpc) is 2.60. The summed E-state index contributed by atoms with van der Waals surface area (Å²) in [4.78, 5) is 25.8. The molecule has 2 aromatic carbocycles. The number of nitrogens with zero attached hydrogens (tertiary/aromatic N) is 1. The summed E-state index contributed by atoms with van der Waals surface area (Å²) in [5, 5.41) is 5.20. The van der Waals surface area contributed by atoms with Crippen molar-refractivity contribution in [3.63, 3.8) is 0 Å². The Hall–Kier alpha value is -2.86. The lowest BCUT2D eigenvalue weighted by atomic mass is 10.1. The maximum atomic E-state index is 12.0. The molecule has 0 aliphatic carbocycles. The van der Waals surface area contributed by atoms with E-state index in [9.17, 15) is 9.59 Å². The van der Waals surface area contributed by atoms with Gasteiger partial charge in [0.1, 0.15) is 0 Å². The van der Waals surface area contributed by atoms with Gasteiger partial charge in [0.2, 0.25) is 0 Å². The van der Waals surface area contributed by atoms with Gasteiger partial charge in [-0.05, 0) is 29.3 Å². The number of hydrogen-bond acceptors (Lipinski definition) is 4. The lowest BCUT2D eigenvalue weighted by molar-refractivity contribution is -0.136. The van der Waals surface area contributed by atoms with Gasteiger partial charge < -0.3 is 21.3 Å². The first-order valence-corrected chi connectivity index (χ1v) is 7.64. The predicted octanol–water partition coefficient (Wildman–Crippen LogP) is 1.47. The van der Waals surface area contributed by atoms with Crippen LogP contribution in [-0.4, -0.2) is 25.9 Å². The molecule has 6 heteroatoms. The molecule has 0 aliphatic rings. The van der Waals surface area contributed by atoms with Crippen molar-refractivity contribution in [1.29, 1.82) is 0 Å². The minimum atomic E-state index is -0.694. The number of carbonyl (C=O) groups is 2. The van der Waals surface area contributed by atoms with E-state index in [0.717, 1.165) is 16.8 Å². The fraction of sp³-hybridized carbons (Fsp3) is 0.222. The van der Waals surface area contributed by atoms with Crippen LogP contribution in [0.4, 0.5) is 11.4 Å². The summed E-state index contributed by atoms with van der Waals surface area (Å²) in [6, 6.07) is 14.8. The van der Waals surface area contributed by atoms with Crippen molar-refractivity contribution < 1.29 is 9.59 Å². The molecule has 0 aromatic heterocycles. The van der Waals surface area contributed by atoms with Crippen molar-refractivity contribution in [2.75, 3.05) is 24.3 Å². The Morgan fingerprint density at radius 3 is 2.42 bits per heavy atom. The fourth-order valence-corrected chi connectivity index (χ4v) is 2.18. The number of anilines is 2. The van der Waals surface area contributed by atoms with Gasteiger partial charge in [0.15, 0.2) is 0 Å². The van der Waals surface area contributed by atoms with Gasteiger partial charge in [-0.25, -0.2) is 0 Å². The molecule has 4 N–H and O–H groups in total. The zero-order valence-electron chi connectivity index (χ0n) is 13.9. The van der Waals surface area contributed by atoms with Crippen LogP contribution < -0.4 is 21.3 Å². The molecule has 2 amide bonds. The van der Waals surface area contributed by atoms with Crippen LogP contribution in [0.25, 0.3) is 0 Å². The second-order valence-electron chi connectivity index (χ2n) is 5.61. The van der Waals surface area contributed by atoms with Crippen LogP contribution >= 0.6 is 0 Å².